The van der Waals surface area contributed by atoms with E-state index in [9.17, 15) is 9.90 Å². The lowest BCUT2D eigenvalue weighted by atomic mass is 9.44. The predicted octanol–water partition coefficient (Wildman–Crippen LogP) is 4.74. The van der Waals surface area contributed by atoms with Crippen LogP contribution >= 0.6 is 0 Å². The number of carbonyl (C=O) groups excluding carboxylic acids is 1. The molecule has 3 heteroatoms. The van der Waals surface area contributed by atoms with E-state index in [1.54, 1.807) is 6.08 Å². The minimum absolute atomic E-state index is 0.0576. The Bertz CT molecular complexity index is 584. The van der Waals surface area contributed by atoms with E-state index in [-0.39, 0.29) is 12.1 Å². The van der Waals surface area contributed by atoms with Crippen molar-refractivity contribution in [2.75, 3.05) is 7.11 Å². The monoisotopic (exact) mass is 360 g/mol. The maximum absolute atomic E-state index is 11.6. The number of carbonyl (C=O) groups is 1. The van der Waals surface area contributed by atoms with Crippen LogP contribution < -0.4 is 0 Å². The van der Waals surface area contributed by atoms with Crippen LogP contribution in [0.4, 0.5) is 0 Å². The summed E-state index contributed by atoms with van der Waals surface area (Å²) in [5.41, 5.74) is 0.798. The first-order chi connectivity index (χ1) is 12.4. The summed E-state index contributed by atoms with van der Waals surface area (Å²) in [5, 5.41) is 10.2. The molecule has 0 unspecified atom stereocenters. The topological polar surface area (TPSA) is 46.5 Å². The van der Waals surface area contributed by atoms with E-state index in [4.69, 9.17) is 4.74 Å². The molecule has 0 aromatic heterocycles. The quantitative estimate of drug-likeness (QED) is 0.572. The average Bonchev–Trinajstić information content (AvgIpc) is 2.96. The van der Waals surface area contributed by atoms with E-state index < -0.39 is 0 Å². The van der Waals surface area contributed by atoms with Crippen LogP contribution in [0.1, 0.15) is 71.6 Å². The number of methoxy groups -OCH3 is 1. The summed E-state index contributed by atoms with van der Waals surface area (Å²) in [6, 6.07) is 0. The number of aliphatic hydroxyl groups excluding tert-OH is 1. The predicted molar refractivity (Wildman–Crippen MR) is 102 cm³/mol. The normalized spacial score (nSPS) is 50.8. The fourth-order valence-electron chi connectivity index (χ4n) is 7.86. The molecule has 0 aliphatic heterocycles. The maximum atomic E-state index is 11.6. The van der Waals surface area contributed by atoms with Crippen molar-refractivity contribution < 1.29 is 14.6 Å². The highest BCUT2D eigenvalue weighted by atomic mass is 16.5. The fourth-order valence-corrected chi connectivity index (χ4v) is 7.86. The van der Waals surface area contributed by atoms with Gasteiger partial charge in [-0.2, -0.15) is 0 Å². The number of allylic oxidation sites excluding steroid dienone is 1. The number of hydrogen-bond donors (Lipinski definition) is 1. The maximum Gasteiger partial charge on any atom is 0.330 e. The van der Waals surface area contributed by atoms with Crippen LogP contribution in [0.3, 0.4) is 0 Å². The second kappa shape index (κ2) is 6.65. The Balaban J connectivity index is 1.54. The van der Waals surface area contributed by atoms with Crippen LogP contribution in [0.25, 0.3) is 0 Å². The molecule has 146 valence electrons. The molecule has 4 aliphatic carbocycles. The highest BCUT2D eigenvalue weighted by Gasteiger charge is 2.59. The second-order valence-electron chi connectivity index (χ2n) is 10.2. The Morgan fingerprint density at radius 2 is 1.73 bits per heavy atom. The van der Waals surface area contributed by atoms with Crippen molar-refractivity contribution in [1.29, 1.82) is 0 Å². The van der Waals surface area contributed by atoms with Crippen molar-refractivity contribution in [1.82, 2.24) is 0 Å². The van der Waals surface area contributed by atoms with Gasteiger partial charge in [-0.15, -0.1) is 0 Å². The molecule has 0 heterocycles. The Hall–Kier alpha value is -0.830. The van der Waals surface area contributed by atoms with E-state index in [2.05, 4.69) is 19.9 Å². The lowest BCUT2D eigenvalue weighted by Gasteiger charge is -2.60. The van der Waals surface area contributed by atoms with Crippen LogP contribution in [0.2, 0.25) is 0 Å². The molecule has 0 spiro atoms. The van der Waals surface area contributed by atoms with Crippen LogP contribution in [0, 0.1) is 40.4 Å². The molecule has 4 fully saturated rings. The molecule has 26 heavy (non-hydrogen) atoms. The van der Waals surface area contributed by atoms with Crippen molar-refractivity contribution in [3.05, 3.63) is 12.2 Å². The van der Waals surface area contributed by atoms with Crippen molar-refractivity contribution in [3.63, 3.8) is 0 Å². The Morgan fingerprint density at radius 1 is 1.00 bits per heavy atom. The summed E-state index contributed by atoms with van der Waals surface area (Å²) in [7, 11) is 1.46. The van der Waals surface area contributed by atoms with Gasteiger partial charge in [-0.25, -0.2) is 4.79 Å². The van der Waals surface area contributed by atoms with E-state index in [1.165, 1.54) is 52.1 Å². The first-order valence-electron chi connectivity index (χ1n) is 10.8. The number of hydrogen-bond acceptors (Lipinski definition) is 3. The van der Waals surface area contributed by atoms with Crippen molar-refractivity contribution in [3.8, 4) is 0 Å². The number of aliphatic hydroxyl groups is 1. The van der Waals surface area contributed by atoms with Gasteiger partial charge in [0, 0.05) is 6.08 Å². The molecule has 0 amide bonds. The molecule has 4 rings (SSSR count). The van der Waals surface area contributed by atoms with Gasteiger partial charge in [-0.1, -0.05) is 19.9 Å². The molecular formula is C23H36O3. The van der Waals surface area contributed by atoms with E-state index >= 15 is 0 Å². The molecular weight excluding hydrogens is 324 g/mol. The highest BCUT2D eigenvalue weighted by Crippen LogP contribution is 2.67. The third kappa shape index (κ3) is 2.77. The molecule has 4 aliphatic rings. The first kappa shape index (κ1) is 18.5. The van der Waals surface area contributed by atoms with Gasteiger partial charge >= 0.3 is 5.97 Å². The lowest BCUT2D eigenvalue weighted by Crippen LogP contribution is -2.53. The van der Waals surface area contributed by atoms with E-state index in [1.807, 2.05) is 0 Å². The van der Waals surface area contributed by atoms with Gasteiger partial charge in [0.25, 0.3) is 0 Å². The summed E-state index contributed by atoms with van der Waals surface area (Å²) < 4.78 is 4.80. The standard InChI is InChI=1S/C23H36O3/c1-22-13-11-20-18(7-4-16-14-17(24)10-12-23(16,20)2)19(22)8-5-15(22)6-9-21(25)26-3/h6,9,15-20,24H,4-5,7-8,10-14H2,1-3H3/b9-6+/t15-,16-,17-,18+,19+,20+,22-,23+/m1/s1. The van der Waals surface area contributed by atoms with Crippen LogP contribution in [-0.4, -0.2) is 24.3 Å². The Kier molecular flexibility index (Phi) is 4.74. The molecule has 0 saturated heterocycles. The molecule has 0 aromatic carbocycles. The minimum atomic E-state index is -0.223. The molecule has 0 aromatic rings. The fraction of sp³-hybridized carbons (Fsp3) is 0.870. The number of esters is 1. The zero-order valence-corrected chi connectivity index (χ0v) is 16.7. The summed E-state index contributed by atoms with van der Waals surface area (Å²) >= 11 is 0. The van der Waals surface area contributed by atoms with E-state index in [0.29, 0.717) is 16.7 Å². The Morgan fingerprint density at radius 3 is 2.50 bits per heavy atom. The Labute approximate surface area is 158 Å². The van der Waals surface area contributed by atoms with Gasteiger partial charge in [-0.05, 0) is 98.2 Å². The van der Waals surface area contributed by atoms with Crippen LogP contribution in [0.15, 0.2) is 12.2 Å². The molecule has 3 nitrogen and oxygen atoms in total. The van der Waals surface area contributed by atoms with Crippen molar-refractivity contribution in [2.24, 2.45) is 40.4 Å². The highest BCUT2D eigenvalue weighted by molar-refractivity contribution is 5.81. The number of ether oxygens (including phenoxy) is 1. The number of fused-ring (bicyclic) bond motifs is 5. The van der Waals surface area contributed by atoms with Crippen molar-refractivity contribution in [2.45, 2.75) is 77.7 Å². The summed E-state index contributed by atoms with van der Waals surface area (Å²) in [6.07, 6.45) is 14.8. The van der Waals surface area contributed by atoms with Crippen LogP contribution in [0.5, 0.6) is 0 Å². The van der Waals surface area contributed by atoms with Gasteiger partial charge < -0.3 is 9.84 Å². The van der Waals surface area contributed by atoms with Gasteiger partial charge in [0.05, 0.1) is 13.2 Å². The zero-order valence-electron chi connectivity index (χ0n) is 16.7. The van der Waals surface area contributed by atoms with Gasteiger partial charge in [0.1, 0.15) is 0 Å². The van der Waals surface area contributed by atoms with E-state index in [0.717, 1.165) is 36.5 Å². The molecule has 0 radical (unpaired) electrons. The third-order valence-corrected chi connectivity index (χ3v) is 9.38. The van der Waals surface area contributed by atoms with Gasteiger partial charge in [0.15, 0.2) is 0 Å². The second-order valence-corrected chi connectivity index (χ2v) is 10.2. The number of rotatable bonds is 2. The molecule has 4 saturated carbocycles. The molecule has 1 N–H and O–H groups in total. The van der Waals surface area contributed by atoms with Crippen molar-refractivity contribution >= 4 is 5.97 Å². The van der Waals surface area contributed by atoms with Gasteiger partial charge in [0.2, 0.25) is 0 Å². The molecule has 8 atom stereocenters. The molecule has 0 bridgehead atoms. The average molecular weight is 361 g/mol. The summed E-state index contributed by atoms with van der Waals surface area (Å²) in [5.74, 6) is 3.52. The SMILES string of the molecule is COC(=O)/C=C/[C@H]1CC[C@H]2[C@@H]3CC[C@@H]4C[C@H](O)CC[C@]4(C)[C@H]3CC[C@]12C. The van der Waals surface area contributed by atoms with Crippen LogP contribution in [-0.2, 0) is 9.53 Å². The third-order valence-electron chi connectivity index (χ3n) is 9.38. The minimum Gasteiger partial charge on any atom is -0.466 e. The smallest absolute Gasteiger partial charge is 0.330 e. The summed E-state index contributed by atoms with van der Waals surface area (Å²) in [4.78, 5) is 11.6. The van der Waals surface area contributed by atoms with Gasteiger partial charge in [-0.3, -0.25) is 0 Å². The first-order valence-corrected chi connectivity index (χ1v) is 10.8. The lowest BCUT2D eigenvalue weighted by molar-refractivity contribution is -0.135. The zero-order chi connectivity index (χ0) is 18.5. The summed E-state index contributed by atoms with van der Waals surface area (Å²) in [6.45, 7) is 5.04. The largest absolute Gasteiger partial charge is 0.466 e.